The Morgan fingerprint density at radius 3 is 2.81 bits per heavy atom. The monoisotopic (exact) mass is 360 g/mol. The van der Waals surface area contributed by atoms with Crippen LogP contribution in [0.4, 0.5) is 0 Å². The standard InChI is InChI=1S/C20H32N4O2/c25-14-4-10-23-12-7-19(8-13-23)24-11-3-5-17(16-24)20(26)22-15-18-6-1-2-9-21-18/h1-2,6,9,17,19,25H,3-5,7-8,10-16H2,(H,22,26)/t17-/m1/s1. The Bertz CT molecular complexity index is 546. The van der Waals surface area contributed by atoms with Gasteiger partial charge in [0.2, 0.25) is 5.91 Å². The zero-order valence-electron chi connectivity index (χ0n) is 15.6. The van der Waals surface area contributed by atoms with Gasteiger partial charge in [-0.3, -0.25) is 14.7 Å². The number of aromatic nitrogens is 1. The van der Waals surface area contributed by atoms with Crippen LogP contribution >= 0.6 is 0 Å². The molecule has 0 radical (unpaired) electrons. The first-order valence-corrected chi connectivity index (χ1v) is 10.0. The fraction of sp³-hybridized carbons (Fsp3) is 0.700. The van der Waals surface area contributed by atoms with Gasteiger partial charge in [0, 0.05) is 31.9 Å². The minimum atomic E-state index is 0.0971. The lowest BCUT2D eigenvalue weighted by atomic mass is 9.93. The normalized spacial score (nSPS) is 23.0. The minimum Gasteiger partial charge on any atom is -0.396 e. The van der Waals surface area contributed by atoms with E-state index in [0.717, 1.165) is 57.7 Å². The minimum absolute atomic E-state index is 0.0971. The van der Waals surface area contributed by atoms with E-state index in [2.05, 4.69) is 20.1 Å². The highest BCUT2D eigenvalue weighted by Gasteiger charge is 2.31. The van der Waals surface area contributed by atoms with E-state index in [1.807, 2.05) is 18.2 Å². The summed E-state index contributed by atoms with van der Waals surface area (Å²) in [6, 6.07) is 6.38. The summed E-state index contributed by atoms with van der Waals surface area (Å²) in [5, 5.41) is 12.0. The van der Waals surface area contributed by atoms with Crippen molar-refractivity contribution in [3.63, 3.8) is 0 Å². The van der Waals surface area contributed by atoms with Gasteiger partial charge in [-0.1, -0.05) is 6.07 Å². The molecule has 0 unspecified atom stereocenters. The Balaban J connectivity index is 1.43. The van der Waals surface area contributed by atoms with E-state index in [-0.39, 0.29) is 18.4 Å². The maximum Gasteiger partial charge on any atom is 0.224 e. The molecule has 1 amide bonds. The van der Waals surface area contributed by atoms with E-state index in [1.54, 1.807) is 6.20 Å². The van der Waals surface area contributed by atoms with Crippen molar-refractivity contribution in [2.24, 2.45) is 5.92 Å². The topological polar surface area (TPSA) is 68.7 Å². The van der Waals surface area contributed by atoms with Gasteiger partial charge < -0.3 is 15.3 Å². The summed E-state index contributed by atoms with van der Waals surface area (Å²) >= 11 is 0. The fourth-order valence-electron chi connectivity index (χ4n) is 4.18. The summed E-state index contributed by atoms with van der Waals surface area (Å²) in [5.41, 5.74) is 0.906. The second-order valence-corrected chi connectivity index (χ2v) is 7.52. The molecule has 2 aliphatic rings. The lowest BCUT2D eigenvalue weighted by molar-refractivity contribution is -0.127. The van der Waals surface area contributed by atoms with Gasteiger partial charge in [0.25, 0.3) is 0 Å². The quantitative estimate of drug-likeness (QED) is 0.766. The number of likely N-dealkylation sites (tertiary alicyclic amines) is 2. The molecule has 1 aromatic heterocycles. The molecule has 3 heterocycles. The van der Waals surface area contributed by atoms with Crippen LogP contribution in [0.5, 0.6) is 0 Å². The number of pyridine rings is 1. The molecule has 2 saturated heterocycles. The number of piperidine rings is 2. The first-order valence-electron chi connectivity index (χ1n) is 10.0. The summed E-state index contributed by atoms with van der Waals surface area (Å²) < 4.78 is 0. The first kappa shape index (κ1) is 19.3. The first-order chi connectivity index (χ1) is 12.8. The second kappa shape index (κ2) is 10.00. The van der Waals surface area contributed by atoms with Gasteiger partial charge in [0.1, 0.15) is 0 Å². The highest BCUT2D eigenvalue weighted by atomic mass is 16.3. The smallest absolute Gasteiger partial charge is 0.224 e. The number of hydrogen-bond donors (Lipinski definition) is 2. The zero-order chi connectivity index (χ0) is 18.2. The lowest BCUT2D eigenvalue weighted by Crippen LogP contribution is -2.50. The van der Waals surface area contributed by atoms with E-state index in [4.69, 9.17) is 5.11 Å². The maximum absolute atomic E-state index is 12.6. The maximum atomic E-state index is 12.6. The third-order valence-electron chi connectivity index (χ3n) is 5.70. The van der Waals surface area contributed by atoms with Crippen LogP contribution in [0, 0.1) is 5.92 Å². The number of carbonyl (C=O) groups excluding carboxylic acids is 1. The van der Waals surface area contributed by atoms with Crippen LogP contribution < -0.4 is 5.32 Å². The molecular formula is C20H32N4O2. The van der Waals surface area contributed by atoms with E-state index in [9.17, 15) is 4.79 Å². The van der Waals surface area contributed by atoms with Crippen molar-refractivity contribution < 1.29 is 9.90 Å². The SMILES string of the molecule is O=C(NCc1ccccn1)[C@@H]1CCCN(C2CCN(CCCO)CC2)C1. The molecule has 0 aromatic carbocycles. The summed E-state index contributed by atoms with van der Waals surface area (Å²) in [6.07, 6.45) is 7.07. The summed E-state index contributed by atoms with van der Waals surface area (Å²) in [7, 11) is 0. The average Bonchev–Trinajstić information content (AvgIpc) is 2.71. The van der Waals surface area contributed by atoms with Gasteiger partial charge in [0.05, 0.1) is 18.2 Å². The number of carbonyl (C=O) groups is 1. The van der Waals surface area contributed by atoms with Crippen LogP contribution in [0.25, 0.3) is 0 Å². The number of aliphatic hydroxyl groups excluding tert-OH is 1. The number of hydrogen-bond acceptors (Lipinski definition) is 5. The molecule has 0 spiro atoms. The third kappa shape index (κ3) is 5.50. The van der Waals surface area contributed by atoms with E-state index in [0.29, 0.717) is 12.6 Å². The van der Waals surface area contributed by atoms with Crippen LogP contribution in [-0.4, -0.2) is 71.2 Å². The molecule has 1 atom stereocenters. The van der Waals surface area contributed by atoms with Crippen molar-refractivity contribution in [2.45, 2.75) is 44.7 Å². The third-order valence-corrected chi connectivity index (χ3v) is 5.70. The van der Waals surface area contributed by atoms with Crippen molar-refractivity contribution >= 4 is 5.91 Å². The van der Waals surface area contributed by atoms with Crippen LogP contribution in [-0.2, 0) is 11.3 Å². The Kier molecular flexibility index (Phi) is 7.41. The Labute approximate surface area is 156 Å². The van der Waals surface area contributed by atoms with Gasteiger partial charge in [0.15, 0.2) is 0 Å². The van der Waals surface area contributed by atoms with Gasteiger partial charge in [-0.25, -0.2) is 0 Å². The summed E-state index contributed by atoms with van der Waals surface area (Å²) in [4.78, 5) is 21.8. The number of rotatable bonds is 7. The van der Waals surface area contributed by atoms with E-state index < -0.39 is 0 Å². The summed E-state index contributed by atoms with van der Waals surface area (Å²) in [5.74, 6) is 0.264. The summed E-state index contributed by atoms with van der Waals surface area (Å²) in [6.45, 7) is 6.01. The van der Waals surface area contributed by atoms with Crippen molar-refractivity contribution in [1.29, 1.82) is 0 Å². The molecule has 6 heteroatoms. The van der Waals surface area contributed by atoms with Gasteiger partial charge in [-0.2, -0.15) is 0 Å². The molecule has 26 heavy (non-hydrogen) atoms. The molecule has 0 bridgehead atoms. The Morgan fingerprint density at radius 1 is 1.23 bits per heavy atom. The highest BCUT2D eigenvalue weighted by molar-refractivity contribution is 5.78. The fourth-order valence-corrected chi connectivity index (χ4v) is 4.18. The molecule has 2 fully saturated rings. The van der Waals surface area contributed by atoms with Gasteiger partial charge >= 0.3 is 0 Å². The van der Waals surface area contributed by atoms with Crippen molar-refractivity contribution in [2.75, 3.05) is 39.3 Å². The molecule has 6 nitrogen and oxygen atoms in total. The number of nitrogens with one attached hydrogen (secondary N) is 1. The van der Waals surface area contributed by atoms with Crippen LogP contribution in [0.2, 0.25) is 0 Å². The molecule has 1 aromatic rings. The second-order valence-electron chi connectivity index (χ2n) is 7.52. The zero-order valence-corrected chi connectivity index (χ0v) is 15.6. The molecule has 144 valence electrons. The lowest BCUT2D eigenvalue weighted by Gasteiger charge is -2.42. The van der Waals surface area contributed by atoms with E-state index in [1.165, 1.54) is 12.8 Å². The largest absolute Gasteiger partial charge is 0.396 e. The predicted octanol–water partition coefficient (Wildman–Crippen LogP) is 1.26. The molecular weight excluding hydrogens is 328 g/mol. The average molecular weight is 361 g/mol. The molecule has 0 saturated carbocycles. The van der Waals surface area contributed by atoms with Crippen LogP contribution in [0.1, 0.15) is 37.8 Å². The van der Waals surface area contributed by atoms with Crippen LogP contribution in [0.3, 0.4) is 0 Å². The van der Waals surface area contributed by atoms with Crippen LogP contribution in [0.15, 0.2) is 24.4 Å². The molecule has 3 rings (SSSR count). The van der Waals surface area contributed by atoms with E-state index >= 15 is 0 Å². The van der Waals surface area contributed by atoms with Crippen molar-refractivity contribution in [1.82, 2.24) is 20.1 Å². The molecule has 2 aliphatic heterocycles. The van der Waals surface area contributed by atoms with Crippen molar-refractivity contribution in [3.05, 3.63) is 30.1 Å². The Morgan fingerprint density at radius 2 is 2.08 bits per heavy atom. The van der Waals surface area contributed by atoms with Gasteiger partial charge in [-0.05, 0) is 63.9 Å². The van der Waals surface area contributed by atoms with Gasteiger partial charge in [-0.15, -0.1) is 0 Å². The number of nitrogens with zero attached hydrogens (tertiary/aromatic N) is 3. The Hall–Kier alpha value is -1.50. The highest BCUT2D eigenvalue weighted by Crippen LogP contribution is 2.24. The molecule has 0 aliphatic carbocycles. The van der Waals surface area contributed by atoms with Crippen molar-refractivity contribution in [3.8, 4) is 0 Å². The predicted molar refractivity (Wildman–Crippen MR) is 102 cm³/mol. The number of aliphatic hydroxyl groups is 1. The molecule has 2 N–H and O–H groups in total. The number of amides is 1.